The number of rotatable bonds is 3. The first-order chi connectivity index (χ1) is 11.2. The Morgan fingerprint density at radius 2 is 1.96 bits per heavy atom. The van der Waals surface area contributed by atoms with Crippen LogP contribution in [0, 0.1) is 13.8 Å². The van der Waals surface area contributed by atoms with E-state index in [1.54, 1.807) is 13.0 Å². The van der Waals surface area contributed by atoms with Crippen molar-refractivity contribution in [3.63, 3.8) is 0 Å². The minimum atomic E-state index is -4.61. The van der Waals surface area contributed by atoms with E-state index in [9.17, 15) is 22.8 Å². The van der Waals surface area contributed by atoms with Crippen LogP contribution in [0.15, 0.2) is 23.1 Å². The van der Waals surface area contributed by atoms with Gasteiger partial charge in [0, 0.05) is 23.6 Å². The Hall–Kier alpha value is -2.51. The SMILES string of the molecule is Cc1cc(C(=O)Nc2cc(C(F)(F)F)c[nH]c2=O)c(C)n1C1CC1. The summed E-state index contributed by atoms with van der Waals surface area (Å²) in [7, 11) is 0. The number of amides is 1. The van der Waals surface area contributed by atoms with Gasteiger partial charge in [-0.15, -0.1) is 0 Å². The largest absolute Gasteiger partial charge is 0.417 e. The lowest BCUT2D eigenvalue weighted by atomic mass is 10.2. The maximum Gasteiger partial charge on any atom is 0.417 e. The van der Waals surface area contributed by atoms with E-state index in [4.69, 9.17) is 0 Å². The Kier molecular flexibility index (Phi) is 3.77. The Balaban J connectivity index is 1.91. The van der Waals surface area contributed by atoms with Gasteiger partial charge >= 0.3 is 6.18 Å². The first-order valence-corrected chi connectivity index (χ1v) is 7.48. The fourth-order valence-corrected chi connectivity index (χ4v) is 2.83. The maximum atomic E-state index is 12.7. The number of anilines is 1. The number of carbonyl (C=O) groups excluding carboxylic acids is 1. The quantitative estimate of drug-likeness (QED) is 0.900. The molecule has 3 rings (SSSR count). The molecule has 2 heterocycles. The van der Waals surface area contributed by atoms with Gasteiger partial charge in [-0.05, 0) is 38.8 Å². The van der Waals surface area contributed by atoms with Crippen LogP contribution in [-0.2, 0) is 6.18 Å². The monoisotopic (exact) mass is 339 g/mol. The number of alkyl halides is 3. The van der Waals surface area contributed by atoms with Gasteiger partial charge in [-0.25, -0.2) is 0 Å². The summed E-state index contributed by atoms with van der Waals surface area (Å²) in [4.78, 5) is 26.1. The smallest absolute Gasteiger partial charge is 0.345 e. The second-order valence-corrected chi connectivity index (χ2v) is 5.97. The van der Waals surface area contributed by atoms with Crippen molar-refractivity contribution < 1.29 is 18.0 Å². The number of nitrogens with one attached hydrogen (secondary N) is 2. The van der Waals surface area contributed by atoms with E-state index in [0.717, 1.165) is 24.2 Å². The number of pyridine rings is 1. The summed E-state index contributed by atoms with van der Waals surface area (Å²) in [5.41, 5.74) is -0.218. The van der Waals surface area contributed by atoms with Gasteiger partial charge < -0.3 is 14.9 Å². The lowest BCUT2D eigenvalue weighted by Crippen LogP contribution is -2.21. The zero-order valence-corrected chi connectivity index (χ0v) is 13.1. The van der Waals surface area contributed by atoms with E-state index in [1.807, 2.05) is 16.5 Å². The van der Waals surface area contributed by atoms with Crippen molar-refractivity contribution in [2.75, 3.05) is 5.32 Å². The Morgan fingerprint density at radius 1 is 1.29 bits per heavy atom. The standard InChI is InChI=1S/C16H16F3N3O2/c1-8-5-12(9(2)22(8)11-3-4-11)14(23)21-13-6-10(16(17,18)19)7-20-15(13)24/h5-7,11H,3-4H2,1-2H3,(H,20,24)(H,21,23). The van der Waals surface area contributed by atoms with Crippen LogP contribution in [0.5, 0.6) is 0 Å². The lowest BCUT2D eigenvalue weighted by molar-refractivity contribution is -0.137. The predicted octanol–water partition coefficient (Wildman–Crippen LogP) is 3.40. The van der Waals surface area contributed by atoms with Gasteiger partial charge in [-0.3, -0.25) is 9.59 Å². The molecule has 1 fully saturated rings. The topological polar surface area (TPSA) is 66.9 Å². The second kappa shape index (κ2) is 5.54. The molecule has 0 radical (unpaired) electrons. The van der Waals surface area contributed by atoms with Gasteiger partial charge in [0.05, 0.1) is 11.1 Å². The van der Waals surface area contributed by atoms with Crippen LogP contribution in [0.3, 0.4) is 0 Å². The fourth-order valence-electron chi connectivity index (χ4n) is 2.83. The molecule has 0 aromatic carbocycles. The minimum absolute atomic E-state index is 0.358. The summed E-state index contributed by atoms with van der Waals surface area (Å²) < 4.78 is 40.3. The third-order valence-electron chi connectivity index (χ3n) is 4.12. The highest BCUT2D eigenvalue weighted by atomic mass is 19.4. The molecule has 1 saturated carbocycles. The summed E-state index contributed by atoms with van der Waals surface area (Å²) >= 11 is 0. The van der Waals surface area contributed by atoms with Crippen LogP contribution >= 0.6 is 0 Å². The van der Waals surface area contributed by atoms with E-state index in [-0.39, 0.29) is 0 Å². The third-order valence-corrected chi connectivity index (χ3v) is 4.12. The average molecular weight is 339 g/mol. The van der Waals surface area contributed by atoms with E-state index in [2.05, 4.69) is 5.32 Å². The van der Waals surface area contributed by atoms with Gasteiger partial charge in [0.1, 0.15) is 5.69 Å². The average Bonchev–Trinajstić information content (AvgIpc) is 3.26. The molecule has 2 N–H and O–H groups in total. The Morgan fingerprint density at radius 3 is 2.54 bits per heavy atom. The molecular formula is C16H16F3N3O2. The van der Waals surface area contributed by atoms with Gasteiger partial charge in [-0.1, -0.05) is 0 Å². The zero-order chi connectivity index (χ0) is 17.6. The Bertz CT molecular complexity index is 860. The highest BCUT2D eigenvalue weighted by Crippen LogP contribution is 2.38. The number of halogens is 3. The van der Waals surface area contributed by atoms with Crippen LogP contribution in [0.1, 0.15) is 46.2 Å². The molecule has 0 unspecified atom stereocenters. The van der Waals surface area contributed by atoms with Crippen molar-refractivity contribution in [2.24, 2.45) is 0 Å². The summed E-state index contributed by atoms with van der Waals surface area (Å²) in [6.45, 7) is 3.66. The maximum absolute atomic E-state index is 12.7. The normalized spacial score (nSPS) is 14.7. The number of aromatic amines is 1. The van der Waals surface area contributed by atoms with Crippen molar-refractivity contribution in [1.82, 2.24) is 9.55 Å². The molecule has 1 amide bonds. The van der Waals surface area contributed by atoms with Crippen LogP contribution < -0.4 is 10.9 Å². The molecule has 2 aromatic heterocycles. The number of aryl methyl sites for hydroxylation is 1. The van der Waals surface area contributed by atoms with Crippen molar-refractivity contribution in [3.8, 4) is 0 Å². The highest BCUT2D eigenvalue weighted by molar-refractivity contribution is 6.05. The van der Waals surface area contributed by atoms with Gasteiger partial charge in [0.25, 0.3) is 11.5 Å². The molecule has 128 valence electrons. The molecule has 0 bridgehead atoms. The van der Waals surface area contributed by atoms with Gasteiger partial charge in [-0.2, -0.15) is 13.2 Å². The number of hydrogen-bond donors (Lipinski definition) is 2. The molecule has 0 aliphatic heterocycles. The molecule has 5 nitrogen and oxygen atoms in total. The number of aromatic nitrogens is 2. The summed E-state index contributed by atoms with van der Waals surface area (Å²) in [6.07, 6.45) is -1.93. The van der Waals surface area contributed by atoms with Crippen molar-refractivity contribution in [1.29, 1.82) is 0 Å². The molecule has 2 aromatic rings. The zero-order valence-electron chi connectivity index (χ0n) is 13.1. The molecule has 0 atom stereocenters. The van der Waals surface area contributed by atoms with Gasteiger partial charge in [0.15, 0.2) is 0 Å². The summed E-state index contributed by atoms with van der Waals surface area (Å²) in [5.74, 6) is -0.597. The summed E-state index contributed by atoms with van der Waals surface area (Å²) in [6, 6.07) is 2.70. The first-order valence-electron chi connectivity index (χ1n) is 7.48. The summed E-state index contributed by atoms with van der Waals surface area (Å²) in [5, 5.41) is 2.28. The van der Waals surface area contributed by atoms with E-state index in [1.165, 1.54) is 0 Å². The van der Waals surface area contributed by atoms with Crippen LogP contribution in [0.2, 0.25) is 0 Å². The predicted molar refractivity (Wildman–Crippen MR) is 82.2 cm³/mol. The molecule has 0 saturated heterocycles. The number of nitrogens with zero attached hydrogens (tertiary/aromatic N) is 1. The molecule has 1 aliphatic rings. The van der Waals surface area contributed by atoms with Crippen LogP contribution in [0.25, 0.3) is 0 Å². The van der Waals surface area contributed by atoms with E-state index >= 15 is 0 Å². The molecule has 0 spiro atoms. The van der Waals surface area contributed by atoms with Crippen molar-refractivity contribution >= 4 is 11.6 Å². The van der Waals surface area contributed by atoms with E-state index in [0.29, 0.717) is 23.9 Å². The van der Waals surface area contributed by atoms with Crippen molar-refractivity contribution in [2.45, 2.75) is 38.9 Å². The minimum Gasteiger partial charge on any atom is -0.345 e. The fraction of sp³-hybridized carbons (Fsp3) is 0.375. The second-order valence-electron chi connectivity index (χ2n) is 5.97. The van der Waals surface area contributed by atoms with Crippen molar-refractivity contribution in [3.05, 3.63) is 51.2 Å². The highest BCUT2D eigenvalue weighted by Gasteiger charge is 2.32. The number of H-pyrrole nitrogens is 1. The number of carbonyl (C=O) groups is 1. The molecular weight excluding hydrogens is 323 g/mol. The lowest BCUT2D eigenvalue weighted by Gasteiger charge is -2.10. The molecule has 1 aliphatic carbocycles. The Labute approximate surface area is 135 Å². The first kappa shape index (κ1) is 16.4. The van der Waals surface area contributed by atoms with Crippen LogP contribution in [0.4, 0.5) is 18.9 Å². The molecule has 24 heavy (non-hydrogen) atoms. The number of hydrogen-bond acceptors (Lipinski definition) is 2. The van der Waals surface area contributed by atoms with Gasteiger partial charge in [0.2, 0.25) is 0 Å². The van der Waals surface area contributed by atoms with Crippen LogP contribution in [-0.4, -0.2) is 15.5 Å². The van der Waals surface area contributed by atoms with E-state index < -0.39 is 28.9 Å². The third kappa shape index (κ3) is 2.95. The molecule has 8 heteroatoms.